The van der Waals surface area contributed by atoms with E-state index in [4.69, 9.17) is 4.74 Å². The number of hydrogen-bond donors (Lipinski definition) is 1. The van der Waals surface area contributed by atoms with Crippen molar-refractivity contribution in [3.8, 4) is 0 Å². The molecule has 0 spiro atoms. The van der Waals surface area contributed by atoms with Crippen LogP contribution in [0.4, 0.5) is 0 Å². The van der Waals surface area contributed by atoms with Crippen LogP contribution in [0.25, 0.3) is 11.3 Å². The lowest BCUT2D eigenvalue weighted by Gasteiger charge is -2.38. The second kappa shape index (κ2) is 7.13. The number of aryl methyl sites for hydroxylation is 1. The predicted octanol–water partition coefficient (Wildman–Crippen LogP) is 1.28. The van der Waals surface area contributed by atoms with Gasteiger partial charge in [-0.2, -0.15) is 0 Å². The lowest BCUT2D eigenvalue weighted by Crippen LogP contribution is -2.45. The molecule has 1 aromatic heterocycles. The smallest absolute Gasteiger partial charge is 0.260 e. The fraction of sp³-hybridized carbons (Fsp3) is 0.500. The minimum atomic E-state index is -3.27. The van der Waals surface area contributed by atoms with Crippen LogP contribution in [0, 0.1) is 0 Å². The van der Waals surface area contributed by atoms with Gasteiger partial charge >= 0.3 is 0 Å². The van der Waals surface area contributed by atoms with Gasteiger partial charge in [-0.1, -0.05) is 0 Å². The molecule has 1 saturated heterocycles. The van der Waals surface area contributed by atoms with Gasteiger partial charge in [0.15, 0.2) is 9.84 Å². The molecule has 0 saturated carbocycles. The summed E-state index contributed by atoms with van der Waals surface area (Å²) in [7, 11) is -1.54. The highest BCUT2D eigenvalue weighted by Gasteiger charge is 2.40. The summed E-state index contributed by atoms with van der Waals surface area (Å²) < 4.78 is 31.7. The van der Waals surface area contributed by atoms with Gasteiger partial charge in [0.25, 0.3) is 5.56 Å². The Hall–Kier alpha value is -2.32. The molecule has 1 aromatic rings. The van der Waals surface area contributed by atoms with E-state index in [2.05, 4.69) is 16.4 Å². The molecule has 2 unspecified atom stereocenters. The van der Waals surface area contributed by atoms with Gasteiger partial charge in [-0.05, 0) is 48.1 Å². The molecule has 5 rings (SSSR count). The molecule has 4 aliphatic rings. The molecule has 160 valence electrons. The first-order valence-corrected chi connectivity index (χ1v) is 12.5. The number of aromatic nitrogens is 1. The number of ether oxygens (including phenoxy) is 1. The summed E-state index contributed by atoms with van der Waals surface area (Å²) in [6.07, 6.45) is 10.1. The topological polar surface area (TPSA) is 80.6 Å². The van der Waals surface area contributed by atoms with E-state index in [1.54, 1.807) is 17.8 Å². The van der Waals surface area contributed by atoms with Crippen LogP contribution in [0.2, 0.25) is 0 Å². The van der Waals surface area contributed by atoms with Crippen LogP contribution in [-0.2, 0) is 21.6 Å². The largest absolute Gasteiger partial charge is 0.384 e. The Morgan fingerprint density at radius 3 is 2.87 bits per heavy atom. The van der Waals surface area contributed by atoms with Crippen LogP contribution in [0.15, 0.2) is 40.5 Å². The number of sulfone groups is 1. The number of rotatable bonds is 3. The molecule has 0 radical (unpaired) electrons. The molecule has 2 atom stereocenters. The summed E-state index contributed by atoms with van der Waals surface area (Å²) in [5, 5.41) is 3.48. The lowest BCUT2D eigenvalue weighted by atomic mass is 9.91. The van der Waals surface area contributed by atoms with Gasteiger partial charge in [0.2, 0.25) is 0 Å². The van der Waals surface area contributed by atoms with Crippen LogP contribution in [0.1, 0.15) is 30.4 Å². The normalized spacial score (nSPS) is 25.7. The van der Waals surface area contributed by atoms with Crippen LogP contribution in [0.3, 0.4) is 0 Å². The Kier molecular flexibility index (Phi) is 4.67. The summed E-state index contributed by atoms with van der Waals surface area (Å²) in [5.41, 5.74) is 4.83. The summed E-state index contributed by atoms with van der Waals surface area (Å²) in [4.78, 5) is 15.6. The fourth-order valence-electron chi connectivity index (χ4n) is 5.16. The zero-order chi connectivity index (χ0) is 21.0. The average Bonchev–Trinajstić information content (AvgIpc) is 3.01. The van der Waals surface area contributed by atoms with E-state index in [1.807, 2.05) is 12.1 Å². The van der Waals surface area contributed by atoms with E-state index < -0.39 is 9.84 Å². The summed E-state index contributed by atoms with van der Waals surface area (Å²) >= 11 is 0. The maximum absolute atomic E-state index is 13.2. The van der Waals surface area contributed by atoms with Crippen LogP contribution in [-0.4, -0.2) is 61.7 Å². The number of fused-ring (bicyclic) bond motifs is 2. The molecule has 0 bridgehead atoms. The molecule has 4 heterocycles. The third-order valence-corrected chi connectivity index (χ3v) is 7.29. The standard InChI is InChI=1S/C22H27N3O4S/c1-24-8-6-17-15(13-30(2,27)28)10-14-11-25(16-4-3-9-29-12-16)18-5-7-23-21(19(14)18)20(17)22(24)26/h6,8,10-11,16,18,23H,3-5,7,9,12-13H2,1-2H3. The molecule has 7 nitrogen and oxygen atoms in total. The van der Waals surface area contributed by atoms with E-state index in [-0.39, 0.29) is 17.4 Å². The number of nitrogens with zero attached hydrogens (tertiary/aromatic N) is 2. The molecule has 0 amide bonds. The van der Waals surface area contributed by atoms with Crippen molar-refractivity contribution in [2.75, 3.05) is 31.8 Å². The van der Waals surface area contributed by atoms with E-state index in [0.717, 1.165) is 49.3 Å². The molecule has 8 heteroatoms. The third-order valence-electron chi connectivity index (χ3n) is 6.45. The highest BCUT2D eigenvalue weighted by Crippen LogP contribution is 2.43. The van der Waals surface area contributed by atoms with Gasteiger partial charge in [-0.15, -0.1) is 0 Å². The molecular weight excluding hydrogens is 402 g/mol. The van der Waals surface area contributed by atoms with E-state index in [0.29, 0.717) is 29.3 Å². The van der Waals surface area contributed by atoms with Crippen molar-refractivity contribution in [2.45, 2.75) is 31.3 Å². The van der Waals surface area contributed by atoms with Gasteiger partial charge in [-0.3, -0.25) is 4.79 Å². The van der Waals surface area contributed by atoms with Gasteiger partial charge in [0.05, 0.1) is 35.7 Å². The predicted molar refractivity (Wildman–Crippen MR) is 116 cm³/mol. The Labute approximate surface area is 176 Å². The highest BCUT2D eigenvalue weighted by atomic mass is 32.2. The number of nitrogens with one attached hydrogen (secondary N) is 1. The molecule has 1 aliphatic carbocycles. The highest BCUT2D eigenvalue weighted by molar-refractivity contribution is 7.91. The van der Waals surface area contributed by atoms with Crippen molar-refractivity contribution in [1.82, 2.24) is 14.8 Å². The first-order chi connectivity index (χ1) is 14.3. The minimum absolute atomic E-state index is 0.0950. The van der Waals surface area contributed by atoms with Crippen molar-refractivity contribution in [2.24, 2.45) is 7.05 Å². The Balaban J connectivity index is 1.73. The van der Waals surface area contributed by atoms with Crippen molar-refractivity contribution in [1.29, 1.82) is 0 Å². The zero-order valence-corrected chi connectivity index (χ0v) is 18.2. The second-order valence-electron chi connectivity index (χ2n) is 8.68. The number of allylic oxidation sites excluding steroid dienone is 1. The first kappa shape index (κ1) is 19.6. The molecule has 0 aromatic carbocycles. The molecular formula is C22H27N3O4S. The number of pyridine rings is 1. The van der Waals surface area contributed by atoms with Crippen molar-refractivity contribution in [3.05, 3.63) is 57.2 Å². The van der Waals surface area contributed by atoms with Crippen molar-refractivity contribution < 1.29 is 13.2 Å². The van der Waals surface area contributed by atoms with Gasteiger partial charge in [0.1, 0.15) is 0 Å². The lowest BCUT2D eigenvalue weighted by molar-refractivity contribution is 0.0275. The maximum Gasteiger partial charge on any atom is 0.260 e. The summed E-state index contributed by atoms with van der Waals surface area (Å²) in [6, 6.07) is 2.34. The van der Waals surface area contributed by atoms with E-state index in [9.17, 15) is 13.2 Å². The van der Waals surface area contributed by atoms with E-state index in [1.165, 1.54) is 6.26 Å². The van der Waals surface area contributed by atoms with Crippen molar-refractivity contribution in [3.63, 3.8) is 0 Å². The van der Waals surface area contributed by atoms with Crippen LogP contribution < -0.4 is 10.9 Å². The summed E-state index contributed by atoms with van der Waals surface area (Å²) in [6.45, 7) is 2.28. The van der Waals surface area contributed by atoms with Crippen LogP contribution >= 0.6 is 0 Å². The summed E-state index contributed by atoms with van der Waals surface area (Å²) in [5.74, 6) is -0.0950. The Morgan fingerprint density at radius 2 is 2.13 bits per heavy atom. The van der Waals surface area contributed by atoms with Gasteiger partial charge < -0.3 is 19.5 Å². The molecule has 30 heavy (non-hydrogen) atoms. The maximum atomic E-state index is 13.2. The van der Waals surface area contributed by atoms with Crippen LogP contribution in [0.5, 0.6) is 0 Å². The quantitative estimate of drug-likeness (QED) is 0.780. The minimum Gasteiger partial charge on any atom is -0.384 e. The number of hydrogen-bond acceptors (Lipinski definition) is 6. The van der Waals surface area contributed by atoms with Gasteiger partial charge in [0, 0.05) is 44.4 Å². The Bertz CT molecular complexity index is 1150. The average molecular weight is 430 g/mol. The van der Waals surface area contributed by atoms with Crippen molar-refractivity contribution >= 4 is 21.1 Å². The Morgan fingerprint density at radius 1 is 1.30 bits per heavy atom. The monoisotopic (exact) mass is 429 g/mol. The third kappa shape index (κ3) is 3.22. The van der Waals surface area contributed by atoms with Gasteiger partial charge in [-0.25, -0.2) is 8.42 Å². The molecule has 3 aliphatic heterocycles. The van der Waals surface area contributed by atoms with E-state index >= 15 is 0 Å². The fourth-order valence-corrected chi connectivity index (χ4v) is 5.96. The molecule has 1 fully saturated rings. The molecule has 1 N–H and O–H groups in total. The SMILES string of the molecule is Cn1ccc2c(c1=O)C1=C3C(=CN(C4CCCOC4)C3CCN1)C=C2CS(C)(=O)=O. The zero-order valence-electron chi connectivity index (χ0n) is 17.3. The first-order valence-electron chi connectivity index (χ1n) is 10.5. The second-order valence-corrected chi connectivity index (χ2v) is 10.8.